The fraction of sp³-hybridized carbons (Fsp3) is 0.250. The van der Waals surface area contributed by atoms with Crippen LogP contribution in [0.4, 0.5) is 11.4 Å². The van der Waals surface area contributed by atoms with Gasteiger partial charge in [0, 0.05) is 29.2 Å². The lowest BCUT2D eigenvalue weighted by molar-refractivity contribution is -0.385. The molecule has 0 fully saturated rings. The van der Waals surface area contributed by atoms with E-state index in [1.54, 1.807) is 24.5 Å². The topological polar surface area (TPSA) is 97.8 Å². The Morgan fingerprint density at radius 1 is 1.31 bits per heavy atom. The Balaban J connectivity index is 1.73. The minimum Gasteiger partial charge on any atom is -0.490 e. The molecule has 0 saturated carbocycles. The zero-order valence-electron chi connectivity index (χ0n) is 16.1. The normalized spacial score (nSPS) is 10.9. The van der Waals surface area contributed by atoms with Gasteiger partial charge in [-0.15, -0.1) is 11.3 Å². The molecule has 1 aromatic carbocycles. The van der Waals surface area contributed by atoms with Gasteiger partial charge in [0.2, 0.25) is 5.91 Å². The van der Waals surface area contributed by atoms with Crippen molar-refractivity contribution in [2.45, 2.75) is 20.0 Å². The highest BCUT2D eigenvalue weighted by Gasteiger charge is 2.20. The zero-order valence-corrected chi connectivity index (χ0v) is 16.9. The molecular weight excluding hydrogens is 394 g/mol. The van der Waals surface area contributed by atoms with Crippen molar-refractivity contribution in [1.29, 1.82) is 0 Å². The standard InChI is InChI=1S/C20H21N3O5S/c1-14-9-18(23(25)26)19(27-2)10-17(14)21-20(24)13-22(11-15-5-3-7-28-15)12-16-6-4-8-29-16/h3-10H,11-13H2,1-2H3,(H,21,24). The summed E-state index contributed by atoms with van der Waals surface area (Å²) in [4.78, 5) is 26.4. The molecule has 2 aromatic heterocycles. The predicted octanol–water partition coefficient (Wildman–Crippen LogP) is 4.21. The number of aryl methyl sites for hydroxylation is 1. The van der Waals surface area contributed by atoms with E-state index in [0.29, 0.717) is 24.3 Å². The Morgan fingerprint density at radius 3 is 2.76 bits per heavy atom. The molecule has 0 aliphatic carbocycles. The first-order valence-electron chi connectivity index (χ1n) is 8.86. The van der Waals surface area contributed by atoms with E-state index in [2.05, 4.69) is 5.32 Å². The van der Waals surface area contributed by atoms with Gasteiger partial charge in [-0.05, 0) is 36.1 Å². The number of carbonyl (C=O) groups excluding carboxylic acids is 1. The molecule has 0 radical (unpaired) electrons. The molecule has 0 saturated heterocycles. The molecule has 2 heterocycles. The molecule has 9 heteroatoms. The molecular formula is C20H21N3O5S. The fourth-order valence-electron chi connectivity index (χ4n) is 2.92. The number of anilines is 1. The van der Waals surface area contributed by atoms with Crippen molar-refractivity contribution in [2.24, 2.45) is 0 Å². The van der Waals surface area contributed by atoms with Crippen LogP contribution in [0.2, 0.25) is 0 Å². The number of nitro groups is 1. The van der Waals surface area contributed by atoms with E-state index in [1.807, 2.05) is 34.5 Å². The number of methoxy groups -OCH3 is 1. The number of nitrogens with zero attached hydrogens (tertiary/aromatic N) is 2. The van der Waals surface area contributed by atoms with E-state index in [-0.39, 0.29) is 23.9 Å². The van der Waals surface area contributed by atoms with Crippen LogP contribution in [-0.2, 0) is 17.9 Å². The second-order valence-corrected chi connectivity index (χ2v) is 7.48. The van der Waals surface area contributed by atoms with E-state index in [9.17, 15) is 14.9 Å². The minimum absolute atomic E-state index is 0.0990. The molecule has 29 heavy (non-hydrogen) atoms. The van der Waals surface area contributed by atoms with Crippen LogP contribution in [0, 0.1) is 17.0 Å². The monoisotopic (exact) mass is 415 g/mol. The van der Waals surface area contributed by atoms with E-state index in [1.165, 1.54) is 19.2 Å². The van der Waals surface area contributed by atoms with Gasteiger partial charge in [0.15, 0.2) is 5.75 Å². The lowest BCUT2D eigenvalue weighted by Crippen LogP contribution is -2.32. The number of rotatable bonds is 9. The largest absolute Gasteiger partial charge is 0.490 e. The summed E-state index contributed by atoms with van der Waals surface area (Å²) in [5.74, 6) is 0.636. The van der Waals surface area contributed by atoms with Gasteiger partial charge in [-0.25, -0.2) is 0 Å². The third-order valence-electron chi connectivity index (χ3n) is 4.28. The first-order valence-corrected chi connectivity index (χ1v) is 9.74. The first-order chi connectivity index (χ1) is 14.0. The zero-order chi connectivity index (χ0) is 20.8. The van der Waals surface area contributed by atoms with Crippen molar-refractivity contribution in [2.75, 3.05) is 19.0 Å². The van der Waals surface area contributed by atoms with Crippen LogP contribution < -0.4 is 10.1 Å². The van der Waals surface area contributed by atoms with E-state index in [4.69, 9.17) is 9.15 Å². The lowest BCUT2D eigenvalue weighted by Gasteiger charge is -2.20. The molecule has 152 valence electrons. The quantitative estimate of drug-likeness (QED) is 0.415. The number of hydrogen-bond acceptors (Lipinski definition) is 7. The van der Waals surface area contributed by atoms with Crippen LogP contribution in [-0.4, -0.2) is 29.4 Å². The summed E-state index contributed by atoms with van der Waals surface area (Å²) in [6.07, 6.45) is 1.60. The maximum absolute atomic E-state index is 12.7. The summed E-state index contributed by atoms with van der Waals surface area (Å²) in [7, 11) is 1.36. The smallest absolute Gasteiger partial charge is 0.311 e. The number of hydrogen-bond donors (Lipinski definition) is 1. The van der Waals surface area contributed by atoms with Crippen molar-refractivity contribution in [3.05, 3.63) is 74.4 Å². The van der Waals surface area contributed by atoms with E-state index >= 15 is 0 Å². The van der Waals surface area contributed by atoms with Gasteiger partial charge in [-0.3, -0.25) is 19.8 Å². The number of amides is 1. The average molecular weight is 415 g/mol. The maximum Gasteiger partial charge on any atom is 0.311 e. The van der Waals surface area contributed by atoms with Crippen LogP contribution in [0.1, 0.15) is 16.2 Å². The van der Waals surface area contributed by atoms with Crippen molar-refractivity contribution in [3.63, 3.8) is 0 Å². The lowest BCUT2D eigenvalue weighted by atomic mass is 10.1. The maximum atomic E-state index is 12.7. The summed E-state index contributed by atoms with van der Waals surface area (Å²) in [6.45, 7) is 2.93. The molecule has 3 rings (SSSR count). The molecule has 3 aromatic rings. The summed E-state index contributed by atoms with van der Waals surface area (Å²) in [6, 6.07) is 10.5. The van der Waals surface area contributed by atoms with Gasteiger partial charge < -0.3 is 14.5 Å². The van der Waals surface area contributed by atoms with Crippen LogP contribution in [0.3, 0.4) is 0 Å². The van der Waals surface area contributed by atoms with Gasteiger partial charge in [-0.1, -0.05) is 6.07 Å². The van der Waals surface area contributed by atoms with Crippen molar-refractivity contribution in [3.8, 4) is 5.75 Å². The number of nitrogens with one attached hydrogen (secondary N) is 1. The predicted molar refractivity (Wildman–Crippen MR) is 110 cm³/mol. The number of furan rings is 1. The first kappa shape index (κ1) is 20.6. The SMILES string of the molecule is COc1cc(NC(=O)CN(Cc2ccco2)Cc2cccs2)c(C)cc1[N+](=O)[O-]. The van der Waals surface area contributed by atoms with E-state index in [0.717, 1.165) is 10.6 Å². The highest BCUT2D eigenvalue weighted by molar-refractivity contribution is 7.09. The summed E-state index contributed by atoms with van der Waals surface area (Å²) in [5, 5.41) is 16.0. The number of benzene rings is 1. The van der Waals surface area contributed by atoms with Crippen molar-refractivity contribution >= 4 is 28.6 Å². The van der Waals surface area contributed by atoms with Gasteiger partial charge in [0.1, 0.15) is 5.76 Å². The molecule has 1 amide bonds. The molecule has 1 N–H and O–H groups in total. The number of ether oxygens (including phenoxy) is 1. The molecule has 0 spiro atoms. The van der Waals surface area contributed by atoms with Crippen molar-refractivity contribution < 1.29 is 18.9 Å². The van der Waals surface area contributed by atoms with Crippen LogP contribution in [0.25, 0.3) is 0 Å². The highest BCUT2D eigenvalue weighted by atomic mass is 32.1. The molecule has 8 nitrogen and oxygen atoms in total. The second kappa shape index (κ2) is 9.35. The molecule has 0 aliphatic rings. The molecule has 0 atom stereocenters. The number of carbonyl (C=O) groups is 1. The Kier molecular flexibility index (Phi) is 6.63. The summed E-state index contributed by atoms with van der Waals surface area (Å²) >= 11 is 1.62. The summed E-state index contributed by atoms with van der Waals surface area (Å²) < 4.78 is 10.5. The minimum atomic E-state index is -0.510. The van der Waals surface area contributed by atoms with Crippen LogP contribution in [0.15, 0.2) is 52.5 Å². The third kappa shape index (κ3) is 5.43. The Bertz CT molecular complexity index is 934. The second-order valence-electron chi connectivity index (χ2n) is 6.45. The van der Waals surface area contributed by atoms with Gasteiger partial charge in [0.25, 0.3) is 0 Å². The molecule has 0 aliphatic heterocycles. The Hall–Kier alpha value is -3.17. The average Bonchev–Trinajstić information content (AvgIpc) is 3.37. The van der Waals surface area contributed by atoms with Gasteiger partial charge >= 0.3 is 5.69 Å². The molecule has 0 bridgehead atoms. The van der Waals surface area contributed by atoms with Gasteiger partial charge in [0.05, 0.1) is 31.4 Å². The van der Waals surface area contributed by atoms with Crippen LogP contribution >= 0.6 is 11.3 Å². The third-order valence-corrected chi connectivity index (χ3v) is 5.14. The number of thiophene rings is 1. The fourth-order valence-corrected chi connectivity index (χ4v) is 3.67. The summed E-state index contributed by atoms with van der Waals surface area (Å²) in [5.41, 5.74) is 0.924. The molecule has 0 unspecified atom stereocenters. The van der Waals surface area contributed by atoms with Crippen molar-refractivity contribution in [1.82, 2.24) is 4.90 Å². The van der Waals surface area contributed by atoms with Gasteiger partial charge in [-0.2, -0.15) is 0 Å². The Morgan fingerprint density at radius 2 is 2.14 bits per heavy atom. The number of nitro benzene ring substituents is 1. The van der Waals surface area contributed by atoms with Crippen LogP contribution in [0.5, 0.6) is 5.75 Å². The highest BCUT2D eigenvalue weighted by Crippen LogP contribution is 2.32. The Labute approximate surface area is 171 Å². The van der Waals surface area contributed by atoms with E-state index < -0.39 is 4.92 Å².